The first-order valence-corrected chi connectivity index (χ1v) is 8.33. The van der Waals surface area contributed by atoms with E-state index in [1.165, 1.54) is 17.5 Å². The van der Waals surface area contributed by atoms with E-state index in [4.69, 9.17) is 10.00 Å². The van der Waals surface area contributed by atoms with Gasteiger partial charge in [-0.15, -0.1) is 0 Å². The number of ether oxygens (including phenoxy) is 1. The highest BCUT2D eigenvalue weighted by Gasteiger charge is 2.28. The van der Waals surface area contributed by atoms with Crippen molar-refractivity contribution in [3.63, 3.8) is 0 Å². The van der Waals surface area contributed by atoms with Crippen molar-refractivity contribution in [2.45, 2.75) is 18.7 Å². The van der Waals surface area contributed by atoms with Crippen molar-refractivity contribution in [2.24, 2.45) is 5.92 Å². The van der Waals surface area contributed by atoms with E-state index in [-0.39, 0.29) is 23.1 Å². The number of halogens is 1. The average Bonchev–Trinajstić information content (AvgIpc) is 2.44. The molecule has 0 amide bonds. The SMILES string of the molecule is CCN(CC(C)C#N)S(=O)(=O)c1cc(Br)ccc1OC. The van der Waals surface area contributed by atoms with Gasteiger partial charge in [0.05, 0.1) is 19.1 Å². The first kappa shape index (κ1) is 17.0. The van der Waals surface area contributed by atoms with Gasteiger partial charge in [-0.2, -0.15) is 9.57 Å². The highest BCUT2D eigenvalue weighted by molar-refractivity contribution is 9.10. The molecular formula is C13H17BrN2O3S. The highest BCUT2D eigenvalue weighted by Crippen LogP contribution is 2.30. The Morgan fingerprint density at radius 1 is 1.50 bits per heavy atom. The van der Waals surface area contributed by atoms with Crippen LogP contribution in [0.1, 0.15) is 13.8 Å². The van der Waals surface area contributed by atoms with Crippen LogP contribution in [0.3, 0.4) is 0 Å². The lowest BCUT2D eigenvalue weighted by Crippen LogP contribution is -2.34. The molecule has 1 atom stereocenters. The zero-order valence-electron chi connectivity index (χ0n) is 11.6. The van der Waals surface area contributed by atoms with Crippen LogP contribution in [0.15, 0.2) is 27.6 Å². The van der Waals surface area contributed by atoms with E-state index in [1.807, 2.05) is 6.07 Å². The van der Waals surface area contributed by atoms with Crippen LogP contribution in [-0.2, 0) is 10.0 Å². The Balaban J connectivity index is 3.27. The maximum atomic E-state index is 12.7. The Morgan fingerprint density at radius 2 is 2.15 bits per heavy atom. The van der Waals surface area contributed by atoms with Crippen LogP contribution in [0.5, 0.6) is 5.75 Å². The lowest BCUT2D eigenvalue weighted by molar-refractivity contribution is 0.383. The minimum atomic E-state index is -3.69. The van der Waals surface area contributed by atoms with E-state index in [0.717, 1.165) is 0 Å². The van der Waals surface area contributed by atoms with Gasteiger partial charge in [0.25, 0.3) is 0 Å². The van der Waals surface area contributed by atoms with Crippen molar-refractivity contribution in [1.29, 1.82) is 5.26 Å². The molecule has 0 aliphatic carbocycles. The lowest BCUT2D eigenvalue weighted by atomic mass is 10.2. The van der Waals surface area contributed by atoms with Gasteiger partial charge in [0.1, 0.15) is 10.6 Å². The van der Waals surface area contributed by atoms with Crippen molar-refractivity contribution >= 4 is 26.0 Å². The molecule has 7 heteroatoms. The zero-order chi connectivity index (χ0) is 15.3. The maximum Gasteiger partial charge on any atom is 0.246 e. The summed E-state index contributed by atoms with van der Waals surface area (Å²) in [6.45, 7) is 3.89. The van der Waals surface area contributed by atoms with Gasteiger partial charge in [-0.1, -0.05) is 22.9 Å². The van der Waals surface area contributed by atoms with Gasteiger partial charge in [0, 0.05) is 17.6 Å². The molecule has 0 bridgehead atoms. The third-order valence-corrected chi connectivity index (χ3v) is 5.25. The number of benzene rings is 1. The third-order valence-electron chi connectivity index (χ3n) is 2.79. The second-order valence-electron chi connectivity index (χ2n) is 4.28. The van der Waals surface area contributed by atoms with Gasteiger partial charge in [0.2, 0.25) is 10.0 Å². The van der Waals surface area contributed by atoms with E-state index in [0.29, 0.717) is 11.0 Å². The molecule has 0 saturated carbocycles. The van der Waals surface area contributed by atoms with Gasteiger partial charge in [0.15, 0.2) is 0 Å². The number of rotatable bonds is 6. The van der Waals surface area contributed by atoms with Gasteiger partial charge in [-0.3, -0.25) is 0 Å². The van der Waals surface area contributed by atoms with Crippen molar-refractivity contribution in [2.75, 3.05) is 20.2 Å². The van der Waals surface area contributed by atoms with Crippen LogP contribution in [0.2, 0.25) is 0 Å². The van der Waals surface area contributed by atoms with Crippen LogP contribution in [-0.4, -0.2) is 32.9 Å². The average molecular weight is 361 g/mol. The van der Waals surface area contributed by atoms with Crippen molar-refractivity contribution in [3.05, 3.63) is 22.7 Å². The summed E-state index contributed by atoms with van der Waals surface area (Å²) in [5.74, 6) is -0.0841. The summed E-state index contributed by atoms with van der Waals surface area (Å²) in [4.78, 5) is 0.0985. The Hall–Kier alpha value is -1.10. The third kappa shape index (κ3) is 3.72. The molecule has 0 saturated heterocycles. The highest BCUT2D eigenvalue weighted by atomic mass is 79.9. The van der Waals surface area contributed by atoms with Gasteiger partial charge >= 0.3 is 0 Å². The van der Waals surface area contributed by atoms with E-state index < -0.39 is 10.0 Å². The molecule has 1 rings (SSSR count). The van der Waals surface area contributed by atoms with Crippen molar-refractivity contribution in [3.8, 4) is 11.8 Å². The van der Waals surface area contributed by atoms with E-state index in [1.54, 1.807) is 26.0 Å². The summed E-state index contributed by atoms with van der Waals surface area (Å²) in [6.07, 6.45) is 0. The predicted octanol–water partition coefficient (Wildman–Crippen LogP) is 2.63. The zero-order valence-corrected chi connectivity index (χ0v) is 14.0. The van der Waals surface area contributed by atoms with Crippen molar-refractivity contribution < 1.29 is 13.2 Å². The largest absolute Gasteiger partial charge is 0.495 e. The quantitative estimate of drug-likeness (QED) is 0.781. The lowest BCUT2D eigenvalue weighted by Gasteiger charge is -2.22. The normalized spacial score (nSPS) is 13.0. The summed E-state index contributed by atoms with van der Waals surface area (Å²) in [5.41, 5.74) is 0. The molecule has 1 aromatic carbocycles. The number of methoxy groups -OCH3 is 1. The first-order valence-electron chi connectivity index (χ1n) is 6.10. The first-order chi connectivity index (χ1) is 9.36. The number of nitrogens with zero attached hydrogens (tertiary/aromatic N) is 2. The van der Waals surface area contributed by atoms with Crippen molar-refractivity contribution in [1.82, 2.24) is 4.31 Å². The van der Waals surface area contributed by atoms with Gasteiger partial charge < -0.3 is 4.74 Å². The Labute approximate surface area is 128 Å². The summed E-state index contributed by atoms with van der Waals surface area (Å²) in [5, 5.41) is 8.86. The van der Waals surface area contributed by atoms with E-state index in [2.05, 4.69) is 15.9 Å². The number of nitriles is 1. The molecule has 0 radical (unpaired) electrons. The Bertz CT molecular complexity index is 611. The number of hydrogen-bond acceptors (Lipinski definition) is 4. The van der Waals surface area contributed by atoms with Crippen LogP contribution in [0.25, 0.3) is 0 Å². The fourth-order valence-corrected chi connectivity index (χ4v) is 3.97. The monoisotopic (exact) mass is 360 g/mol. The van der Waals surface area contributed by atoms with E-state index >= 15 is 0 Å². The summed E-state index contributed by atoms with van der Waals surface area (Å²) >= 11 is 3.26. The molecule has 0 heterocycles. The molecule has 110 valence electrons. The standard InChI is InChI=1S/C13H17BrN2O3S/c1-4-16(9-10(2)8-15)20(17,18)13-7-11(14)5-6-12(13)19-3/h5-7,10H,4,9H2,1-3H3. The Kier molecular flexibility index (Phi) is 5.99. The molecule has 0 fully saturated rings. The number of sulfonamides is 1. The topological polar surface area (TPSA) is 70.4 Å². The predicted molar refractivity (Wildman–Crippen MR) is 79.9 cm³/mol. The second kappa shape index (κ2) is 7.07. The van der Waals surface area contributed by atoms with Crippen LogP contribution in [0.4, 0.5) is 0 Å². The minimum absolute atomic E-state index is 0.0985. The molecule has 1 aromatic rings. The molecule has 20 heavy (non-hydrogen) atoms. The summed E-state index contributed by atoms with van der Waals surface area (Å²) in [7, 11) is -2.27. The maximum absolute atomic E-state index is 12.7. The Morgan fingerprint density at radius 3 is 2.65 bits per heavy atom. The van der Waals surface area contributed by atoms with Gasteiger partial charge in [-0.05, 0) is 25.1 Å². The van der Waals surface area contributed by atoms with Crippen LogP contribution < -0.4 is 4.74 Å². The molecule has 0 aliphatic heterocycles. The molecule has 0 spiro atoms. The minimum Gasteiger partial charge on any atom is -0.495 e. The molecule has 5 nitrogen and oxygen atoms in total. The number of hydrogen-bond donors (Lipinski definition) is 0. The molecular weight excluding hydrogens is 344 g/mol. The second-order valence-corrected chi connectivity index (χ2v) is 7.10. The molecule has 1 unspecified atom stereocenters. The smallest absolute Gasteiger partial charge is 0.246 e. The fraction of sp³-hybridized carbons (Fsp3) is 0.462. The fourth-order valence-electron chi connectivity index (χ4n) is 1.73. The van der Waals surface area contributed by atoms with Crippen LogP contribution in [0, 0.1) is 17.2 Å². The summed E-state index contributed by atoms with van der Waals surface area (Å²) < 4.78 is 32.4. The molecule has 0 aliphatic rings. The summed E-state index contributed by atoms with van der Waals surface area (Å²) in [6, 6.07) is 6.86. The van der Waals surface area contributed by atoms with Gasteiger partial charge in [-0.25, -0.2) is 8.42 Å². The molecule has 0 aromatic heterocycles. The van der Waals surface area contributed by atoms with E-state index in [9.17, 15) is 8.42 Å². The van der Waals surface area contributed by atoms with Crippen LogP contribution >= 0.6 is 15.9 Å². The molecule has 0 N–H and O–H groups in total.